The highest BCUT2D eigenvalue weighted by Gasteiger charge is 2.05. The van der Waals surface area contributed by atoms with E-state index in [2.05, 4.69) is 10.4 Å². The summed E-state index contributed by atoms with van der Waals surface area (Å²) in [4.78, 5) is 11.7. The van der Waals surface area contributed by atoms with Crippen LogP contribution in [0.2, 0.25) is 0 Å². The number of ether oxygens (including phenoxy) is 1. The van der Waals surface area contributed by atoms with Crippen LogP contribution in [-0.2, 0) is 11.3 Å². The number of carbonyl (C=O) groups is 1. The van der Waals surface area contributed by atoms with Crippen LogP contribution in [0, 0.1) is 0 Å². The van der Waals surface area contributed by atoms with Gasteiger partial charge in [-0.2, -0.15) is 5.10 Å². The van der Waals surface area contributed by atoms with Gasteiger partial charge >= 0.3 is 0 Å². The molecule has 3 N–H and O–H groups in total. The second-order valence-electron chi connectivity index (χ2n) is 3.71. The van der Waals surface area contributed by atoms with Gasteiger partial charge in [-0.1, -0.05) is 0 Å². The Kier molecular flexibility index (Phi) is 3.47. The molecule has 1 amide bonds. The Hall–Kier alpha value is -2.50. The molecule has 1 aromatic carbocycles. The van der Waals surface area contributed by atoms with Gasteiger partial charge in [0, 0.05) is 18.1 Å². The van der Waals surface area contributed by atoms with Crippen molar-refractivity contribution in [3.05, 3.63) is 36.7 Å². The monoisotopic (exact) mass is 246 g/mol. The molecule has 6 nitrogen and oxygen atoms in total. The van der Waals surface area contributed by atoms with Gasteiger partial charge in [0.25, 0.3) is 0 Å². The van der Waals surface area contributed by atoms with Gasteiger partial charge < -0.3 is 15.8 Å². The fraction of sp³-hybridized carbons (Fsp3) is 0.167. The van der Waals surface area contributed by atoms with Crippen LogP contribution in [0.15, 0.2) is 36.7 Å². The molecule has 0 spiro atoms. The molecule has 0 radical (unpaired) electrons. The number of nitrogens with two attached hydrogens (primary N) is 1. The van der Waals surface area contributed by atoms with Gasteiger partial charge in [-0.15, -0.1) is 0 Å². The van der Waals surface area contributed by atoms with E-state index in [1.807, 2.05) is 0 Å². The number of benzene rings is 1. The standard InChI is InChI=1S/C12H14N4O2/c1-18-11-4-3-9(7-10(11)13)15-12(17)8-16-6-2-5-14-16/h2-7H,8,13H2,1H3,(H,15,17). The third-order valence-electron chi connectivity index (χ3n) is 2.38. The quantitative estimate of drug-likeness (QED) is 0.792. The van der Waals surface area contributed by atoms with Crippen LogP contribution in [-0.4, -0.2) is 22.8 Å². The zero-order valence-corrected chi connectivity index (χ0v) is 9.96. The van der Waals surface area contributed by atoms with Crippen molar-refractivity contribution in [2.24, 2.45) is 0 Å². The first-order valence-corrected chi connectivity index (χ1v) is 5.40. The first-order chi connectivity index (χ1) is 8.69. The van der Waals surface area contributed by atoms with E-state index in [0.29, 0.717) is 17.1 Å². The van der Waals surface area contributed by atoms with Crippen molar-refractivity contribution < 1.29 is 9.53 Å². The Morgan fingerprint density at radius 3 is 3.00 bits per heavy atom. The van der Waals surface area contributed by atoms with Gasteiger partial charge in [0.2, 0.25) is 5.91 Å². The Balaban J connectivity index is 2.01. The number of hydrogen-bond acceptors (Lipinski definition) is 4. The Labute approximate surface area is 104 Å². The van der Waals surface area contributed by atoms with Crippen LogP contribution in [0.25, 0.3) is 0 Å². The summed E-state index contributed by atoms with van der Waals surface area (Å²) in [6.45, 7) is 0.166. The number of rotatable bonds is 4. The molecular weight excluding hydrogens is 232 g/mol. The molecule has 0 unspecified atom stereocenters. The molecule has 1 aromatic heterocycles. The largest absolute Gasteiger partial charge is 0.495 e. The van der Waals surface area contributed by atoms with Gasteiger partial charge in [0.05, 0.1) is 12.8 Å². The van der Waals surface area contributed by atoms with Gasteiger partial charge in [-0.05, 0) is 24.3 Å². The highest BCUT2D eigenvalue weighted by Crippen LogP contribution is 2.24. The van der Waals surface area contributed by atoms with E-state index in [0.717, 1.165) is 0 Å². The maximum Gasteiger partial charge on any atom is 0.246 e. The van der Waals surface area contributed by atoms with Crippen molar-refractivity contribution in [1.82, 2.24) is 9.78 Å². The van der Waals surface area contributed by atoms with Gasteiger partial charge in [-0.25, -0.2) is 0 Å². The predicted octanol–water partition coefficient (Wildman–Crippen LogP) is 1.11. The molecule has 0 atom stereocenters. The highest BCUT2D eigenvalue weighted by atomic mass is 16.5. The van der Waals surface area contributed by atoms with E-state index >= 15 is 0 Å². The van der Waals surface area contributed by atoms with Crippen molar-refractivity contribution in [1.29, 1.82) is 0 Å². The molecule has 0 aliphatic heterocycles. The van der Waals surface area contributed by atoms with E-state index in [-0.39, 0.29) is 12.5 Å². The number of amides is 1. The predicted molar refractivity (Wildman–Crippen MR) is 68.3 cm³/mol. The average Bonchev–Trinajstić information content (AvgIpc) is 2.82. The zero-order valence-electron chi connectivity index (χ0n) is 9.96. The average molecular weight is 246 g/mol. The molecular formula is C12H14N4O2. The topological polar surface area (TPSA) is 82.2 Å². The van der Waals surface area contributed by atoms with Crippen molar-refractivity contribution in [2.45, 2.75) is 6.54 Å². The van der Waals surface area contributed by atoms with E-state index in [9.17, 15) is 4.79 Å². The van der Waals surface area contributed by atoms with Crippen LogP contribution >= 0.6 is 0 Å². The highest BCUT2D eigenvalue weighted by molar-refractivity contribution is 5.91. The number of nitrogens with zero attached hydrogens (tertiary/aromatic N) is 2. The van der Waals surface area contributed by atoms with Gasteiger partial charge in [0.15, 0.2) is 0 Å². The minimum Gasteiger partial charge on any atom is -0.495 e. The Morgan fingerprint density at radius 2 is 2.39 bits per heavy atom. The lowest BCUT2D eigenvalue weighted by Gasteiger charge is -2.08. The fourth-order valence-corrected chi connectivity index (χ4v) is 1.55. The van der Waals surface area contributed by atoms with Crippen molar-refractivity contribution in [2.75, 3.05) is 18.2 Å². The molecule has 0 saturated carbocycles. The van der Waals surface area contributed by atoms with Crippen molar-refractivity contribution >= 4 is 17.3 Å². The van der Waals surface area contributed by atoms with Crippen molar-refractivity contribution in [3.63, 3.8) is 0 Å². The maximum atomic E-state index is 11.7. The minimum absolute atomic E-state index is 0.164. The summed E-state index contributed by atoms with van der Waals surface area (Å²) in [6, 6.07) is 6.85. The molecule has 18 heavy (non-hydrogen) atoms. The van der Waals surface area contributed by atoms with Gasteiger partial charge in [0.1, 0.15) is 12.3 Å². The molecule has 0 fully saturated rings. The molecule has 6 heteroatoms. The SMILES string of the molecule is COc1ccc(NC(=O)Cn2cccn2)cc1N. The molecule has 2 aromatic rings. The Bertz CT molecular complexity index is 537. The molecule has 2 rings (SSSR count). The summed E-state index contributed by atoms with van der Waals surface area (Å²) in [5.41, 5.74) is 6.86. The summed E-state index contributed by atoms with van der Waals surface area (Å²) >= 11 is 0. The summed E-state index contributed by atoms with van der Waals surface area (Å²) in [5, 5.41) is 6.69. The van der Waals surface area contributed by atoms with Crippen LogP contribution in [0.1, 0.15) is 0 Å². The number of nitrogens with one attached hydrogen (secondary N) is 1. The normalized spacial score (nSPS) is 10.1. The number of aromatic nitrogens is 2. The number of hydrogen-bond donors (Lipinski definition) is 2. The molecule has 94 valence electrons. The second-order valence-corrected chi connectivity index (χ2v) is 3.71. The van der Waals surface area contributed by atoms with Crippen molar-refractivity contribution in [3.8, 4) is 5.75 Å². The van der Waals surface area contributed by atoms with Crippen LogP contribution in [0.4, 0.5) is 11.4 Å². The molecule has 1 heterocycles. The molecule has 0 saturated heterocycles. The number of anilines is 2. The summed E-state index contributed by atoms with van der Waals surface area (Å²) in [6.07, 6.45) is 3.35. The first kappa shape index (κ1) is 12.0. The lowest BCUT2D eigenvalue weighted by atomic mass is 10.2. The maximum absolute atomic E-state index is 11.7. The smallest absolute Gasteiger partial charge is 0.246 e. The molecule has 0 bridgehead atoms. The second kappa shape index (κ2) is 5.22. The summed E-state index contributed by atoms with van der Waals surface area (Å²) in [5.74, 6) is 0.420. The van der Waals surface area contributed by atoms with E-state index in [4.69, 9.17) is 10.5 Å². The molecule has 0 aliphatic carbocycles. The van der Waals surface area contributed by atoms with E-state index < -0.39 is 0 Å². The van der Waals surface area contributed by atoms with E-state index in [1.54, 1.807) is 48.5 Å². The summed E-state index contributed by atoms with van der Waals surface area (Å²) in [7, 11) is 1.54. The van der Waals surface area contributed by atoms with Crippen LogP contribution in [0.3, 0.4) is 0 Å². The zero-order chi connectivity index (χ0) is 13.0. The number of methoxy groups -OCH3 is 1. The minimum atomic E-state index is -0.164. The fourth-order valence-electron chi connectivity index (χ4n) is 1.55. The Morgan fingerprint density at radius 1 is 1.56 bits per heavy atom. The van der Waals surface area contributed by atoms with Crippen LogP contribution < -0.4 is 15.8 Å². The molecule has 0 aliphatic rings. The lowest BCUT2D eigenvalue weighted by Crippen LogP contribution is -2.19. The lowest BCUT2D eigenvalue weighted by molar-refractivity contribution is -0.116. The van der Waals surface area contributed by atoms with Gasteiger partial charge in [-0.3, -0.25) is 9.48 Å². The number of carbonyl (C=O) groups excluding carboxylic acids is 1. The van der Waals surface area contributed by atoms with Crippen LogP contribution in [0.5, 0.6) is 5.75 Å². The first-order valence-electron chi connectivity index (χ1n) is 5.40. The number of nitrogen functional groups attached to an aromatic ring is 1. The van der Waals surface area contributed by atoms with E-state index in [1.165, 1.54) is 0 Å². The summed E-state index contributed by atoms with van der Waals surface area (Å²) < 4.78 is 6.58. The third kappa shape index (κ3) is 2.79. The third-order valence-corrected chi connectivity index (χ3v) is 2.38.